The van der Waals surface area contributed by atoms with Crippen LogP contribution in [0, 0.1) is 0 Å². The fraction of sp³-hybridized carbons (Fsp3) is 0.391. The molecule has 1 amide bonds. The molecule has 192 valence electrons. The number of methoxy groups -OCH3 is 1. The predicted molar refractivity (Wildman–Crippen MR) is 148 cm³/mol. The number of rotatable bonds is 9. The van der Waals surface area contributed by atoms with Gasteiger partial charge in [0.2, 0.25) is 5.95 Å². The zero-order valence-electron chi connectivity index (χ0n) is 20.0. The first-order valence-electron chi connectivity index (χ1n) is 11.3. The first-order chi connectivity index (χ1) is 17.4. The maximum Gasteiger partial charge on any atom is 0.293 e. The van der Waals surface area contributed by atoms with E-state index in [1.54, 1.807) is 23.9 Å². The summed E-state index contributed by atoms with van der Waals surface area (Å²) in [5, 5.41) is 6.89. The van der Waals surface area contributed by atoms with Crippen molar-refractivity contribution in [3.8, 4) is 5.75 Å². The number of nitrogens with zero attached hydrogens (tertiary/aromatic N) is 5. The van der Waals surface area contributed by atoms with Crippen molar-refractivity contribution in [2.75, 3.05) is 63.8 Å². The second kappa shape index (κ2) is 12.0. The van der Waals surface area contributed by atoms with Crippen LogP contribution >= 0.6 is 34.5 Å². The number of aromatic nitrogens is 3. The molecule has 0 aliphatic carbocycles. The first-order valence-corrected chi connectivity index (χ1v) is 12.7. The molecule has 2 N–H and O–H groups in total. The number of amides is 1. The quantitative estimate of drug-likeness (QED) is 0.273. The van der Waals surface area contributed by atoms with Gasteiger partial charge in [-0.15, -0.1) is 0 Å². The van der Waals surface area contributed by atoms with Crippen LogP contribution in [0.2, 0.25) is 5.02 Å². The van der Waals surface area contributed by atoms with E-state index in [1.165, 1.54) is 7.05 Å². The number of pyridine rings is 1. The molecule has 4 rings (SSSR count). The number of halogens is 2. The Balaban J connectivity index is 1.65. The van der Waals surface area contributed by atoms with E-state index >= 15 is 0 Å². The van der Waals surface area contributed by atoms with Gasteiger partial charge in [-0.25, -0.2) is 8.10 Å². The molecule has 3 aromatic rings. The lowest BCUT2D eigenvalue weighted by Gasteiger charge is -2.31. The van der Waals surface area contributed by atoms with Crippen LogP contribution in [0.5, 0.6) is 5.75 Å². The highest BCUT2D eigenvalue weighted by Gasteiger charge is 2.19. The van der Waals surface area contributed by atoms with E-state index in [2.05, 4.69) is 51.5 Å². The van der Waals surface area contributed by atoms with Crippen LogP contribution in [-0.2, 0) is 16.1 Å². The van der Waals surface area contributed by atoms with Crippen molar-refractivity contribution in [3.63, 3.8) is 0 Å². The third-order valence-corrected chi connectivity index (χ3v) is 6.96. The second-order valence-electron chi connectivity index (χ2n) is 8.08. The fourth-order valence-corrected chi connectivity index (χ4v) is 4.35. The Kier molecular flexibility index (Phi) is 8.82. The average molecular weight is 628 g/mol. The number of carbonyl (C=O) groups excluding carboxylic acids is 1. The highest BCUT2D eigenvalue weighted by molar-refractivity contribution is 14.1. The Morgan fingerprint density at radius 1 is 1.22 bits per heavy atom. The summed E-state index contributed by atoms with van der Waals surface area (Å²) in [6.07, 6.45) is 1.59. The van der Waals surface area contributed by atoms with E-state index in [-0.39, 0.29) is 23.8 Å². The number of hydrogen-bond donors (Lipinski definition) is 2. The number of benzene rings is 1. The molecule has 1 aliphatic rings. The van der Waals surface area contributed by atoms with Crippen molar-refractivity contribution in [2.45, 2.75) is 6.54 Å². The molecule has 2 aromatic heterocycles. The lowest BCUT2D eigenvalue weighted by atomic mass is 10.1. The largest absolute Gasteiger partial charge is 0.478 e. The Morgan fingerprint density at radius 2 is 2.00 bits per heavy atom. The van der Waals surface area contributed by atoms with Gasteiger partial charge >= 0.3 is 0 Å². The monoisotopic (exact) mass is 627 g/mol. The second-order valence-corrected chi connectivity index (χ2v) is 9.85. The Hall–Kier alpha value is -2.68. The van der Waals surface area contributed by atoms with Crippen LogP contribution in [0.15, 0.2) is 35.3 Å². The number of likely N-dealkylation sites (N-methyl/N-ethyl adjacent to an activating group) is 1. The van der Waals surface area contributed by atoms with Crippen LogP contribution < -0.4 is 25.8 Å². The van der Waals surface area contributed by atoms with Crippen molar-refractivity contribution in [1.29, 1.82) is 0 Å². The average Bonchev–Trinajstić information content (AvgIpc) is 2.88. The van der Waals surface area contributed by atoms with Gasteiger partial charge in [0.25, 0.3) is 11.5 Å². The summed E-state index contributed by atoms with van der Waals surface area (Å²) in [5.74, 6) is 0.853. The fourth-order valence-electron chi connectivity index (χ4n) is 3.78. The molecule has 0 bridgehead atoms. The lowest BCUT2D eigenvalue weighted by molar-refractivity contribution is -0.122. The summed E-state index contributed by atoms with van der Waals surface area (Å²) < 4.78 is 14.5. The van der Waals surface area contributed by atoms with Crippen LogP contribution in [0.25, 0.3) is 10.9 Å². The Labute approximate surface area is 227 Å². The minimum absolute atomic E-state index is 0.0797. The molecule has 0 spiro atoms. The molecule has 1 fully saturated rings. The number of piperazine rings is 1. The van der Waals surface area contributed by atoms with Gasteiger partial charge in [-0.2, -0.15) is 4.98 Å². The molecular formula is C23H27ClIN7O4. The molecule has 0 unspecified atom stereocenters. The number of ether oxygens (including phenoxy) is 2. The summed E-state index contributed by atoms with van der Waals surface area (Å²) in [6, 6.07) is 7.19. The number of anilines is 3. The van der Waals surface area contributed by atoms with E-state index in [1.807, 2.05) is 18.2 Å². The highest BCUT2D eigenvalue weighted by Crippen LogP contribution is 2.28. The molecule has 1 aromatic carbocycles. The Morgan fingerprint density at radius 3 is 2.72 bits per heavy atom. The number of hydrogen-bond acceptors (Lipinski definition) is 9. The molecule has 1 aliphatic heterocycles. The number of carbonyl (C=O) groups is 1. The third-order valence-electron chi connectivity index (χ3n) is 5.72. The van der Waals surface area contributed by atoms with Crippen molar-refractivity contribution in [3.05, 3.63) is 45.8 Å². The van der Waals surface area contributed by atoms with Crippen molar-refractivity contribution in [2.24, 2.45) is 0 Å². The summed E-state index contributed by atoms with van der Waals surface area (Å²) in [6.45, 7) is 3.94. The van der Waals surface area contributed by atoms with Crippen LogP contribution in [0.3, 0.4) is 0 Å². The molecule has 13 heteroatoms. The predicted octanol–water partition coefficient (Wildman–Crippen LogP) is 2.43. The maximum atomic E-state index is 13.0. The summed E-state index contributed by atoms with van der Waals surface area (Å²) >= 11 is 8.73. The van der Waals surface area contributed by atoms with Crippen molar-refractivity contribution < 1.29 is 14.3 Å². The van der Waals surface area contributed by atoms with Gasteiger partial charge in [-0.05, 0) is 24.3 Å². The standard InChI is InChI=1S/C23H27ClIN7O4/c1-26-20(33)14-36-19-12-15-11-16(3-4-18(15)32(22(19)34)9-10-35-2)28-21-17(24)13-27-23(29-21)30-5-7-31(25)8-6-30/h3-4,11-13H,5-10,14H2,1-2H3,(H,26,33)(H,27,28,29). The molecule has 36 heavy (non-hydrogen) atoms. The lowest BCUT2D eigenvalue weighted by Crippen LogP contribution is -2.42. The zero-order chi connectivity index (χ0) is 25.7. The number of nitrogens with one attached hydrogen (secondary N) is 2. The highest BCUT2D eigenvalue weighted by atomic mass is 127. The van der Waals surface area contributed by atoms with Crippen molar-refractivity contribution in [1.82, 2.24) is 23.0 Å². The molecule has 11 nitrogen and oxygen atoms in total. The SMILES string of the molecule is CNC(=O)COc1cc2cc(Nc3nc(N4CCN(I)CC4)ncc3Cl)ccc2n(CCOC)c1=O. The minimum Gasteiger partial charge on any atom is -0.478 e. The van der Waals surface area contributed by atoms with Crippen LogP contribution in [0.1, 0.15) is 0 Å². The van der Waals surface area contributed by atoms with Gasteiger partial charge in [0.15, 0.2) is 18.2 Å². The third kappa shape index (κ3) is 6.17. The smallest absolute Gasteiger partial charge is 0.293 e. The maximum absolute atomic E-state index is 13.0. The normalized spacial score (nSPS) is 14.2. The summed E-state index contributed by atoms with van der Waals surface area (Å²) in [4.78, 5) is 35.9. The van der Waals surface area contributed by atoms with Crippen molar-refractivity contribution >= 4 is 68.7 Å². The van der Waals surface area contributed by atoms with Gasteiger partial charge in [0.05, 0.1) is 18.3 Å². The van der Waals surface area contributed by atoms with Gasteiger partial charge in [-0.1, -0.05) is 11.6 Å². The zero-order valence-corrected chi connectivity index (χ0v) is 22.9. The first kappa shape index (κ1) is 26.4. The van der Waals surface area contributed by atoms with E-state index in [9.17, 15) is 9.59 Å². The molecule has 0 radical (unpaired) electrons. The van der Waals surface area contributed by atoms with Gasteiger partial charge in [0.1, 0.15) is 5.02 Å². The van der Waals surface area contributed by atoms with Gasteiger partial charge in [0, 0.05) is 80.8 Å². The molecule has 1 saturated heterocycles. The number of fused-ring (bicyclic) bond motifs is 1. The molecule has 0 atom stereocenters. The Bertz CT molecular complexity index is 1300. The summed E-state index contributed by atoms with van der Waals surface area (Å²) in [7, 11) is 3.08. The van der Waals surface area contributed by atoms with Crippen LogP contribution in [0.4, 0.5) is 17.5 Å². The molecule has 3 heterocycles. The summed E-state index contributed by atoms with van der Waals surface area (Å²) in [5.41, 5.74) is 1.10. The van der Waals surface area contributed by atoms with E-state index in [0.717, 1.165) is 37.3 Å². The van der Waals surface area contributed by atoms with E-state index in [4.69, 9.17) is 21.1 Å². The minimum atomic E-state index is -0.334. The topological polar surface area (TPSA) is 114 Å². The van der Waals surface area contributed by atoms with E-state index in [0.29, 0.717) is 35.5 Å². The van der Waals surface area contributed by atoms with Crippen LogP contribution in [-0.4, -0.2) is 77.1 Å². The van der Waals surface area contributed by atoms with Gasteiger partial charge in [-0.3, -0.25) is 9.59 Å². The molecular weight excluding hydrogens is 601 g/mol. The van der Waals surface area contributed by atoms with E-state index < -0.39 is 0 Å². The van der Waals surface area contributed by atoms with Gasteiger partial charge < -0.3 is 29.6 Å². The molecule has 0 saturated carbocycles.